The lowest BCUT2D eigenvalue weighted by atomic mass is 10.0. The normalized spacial score (nSPS) is 10.9. The van der Waals surface area contributed by atoms with Gasteiger partial charge in [-0.3, -0.25) is 0 Å². The van der Waals surface area contributed by atoms with E-state index in [-0.39, 0.29) is 11.3 Å². The molecule has 0 radical (unpaired) electrons. The molecule has 140 valence electrons. The number of fused-ring (bicyclic) bond motifs is 1. The fourth-order valence-corrected chi connectivity index (χ4v) is 2.68. The van der Waals surface area contributed by atoms with E-state index in [4.69, 9.17) is 9.47 Å². The molecule has 0 atom stereocenters. The first-order chi connectivity index (χ1) is 12.9. The second-order valence-electron chi connectivity index (χ2n) is 5.49. The molecular formula is C19H15F2NO5. The van der Waals surface area contributed by atoms with Crippen LogP contribution >= 0.6 is 0 Å². The smallest absolute Gasteiger partial charge is 0.387 e. The minimum Gasteiger partial charge on any atom is -0.493 e. The van der Waals surface area contributed by atoms with E-state index >= 15 is 0 Å². The van der Waals surface area contributed by atoms with Crippen LogP contribution in [0.25, 0.3) is 22.2 Å². The van der Waals surface area contributed by atoms with Crippen molar-refractivity contribution in [3.8, 4) is 28.5 Å². The highest BCUT2D eigenvalue weighted by molar-refractivity contribution is 6.04. The van der Waals surface area contributed by atoms with Gasteiger partial charge in [-0.05, 0) is 36.4 Å². The summed E-state index contributed by atoms with van der Waals surface area (Å²) in [4.78, 5) is 16.2. The maximum absolute atomic E-state index is 12.3. The third-order valence-electron chi connectivity index (χ3n) is 3.92. The summed E-state index contributed by atoms with van der Waals surface area (Å²) in [7, 11) is 2.92. The summed E-state index contributed by atoms with van der Waals surface area (Å²) >= 11 is 0. The van der Waals surface area contributed by atoms with E-state index in [2.05, 4.69) is 9.72 Å². The van der Waals surface area contributed by atoms with Crippen LogP contribution in [0, 0.1) is 0 Å². The Labute approximate surface area is 152 Å². The third-order valence-corrected chi connectivity index (χ3v) is 3.92. The Balaban J connectivity index is 2.15. The average Bonchev–Trinajstić information content (AvgIpc) is 2.65. The molecule has 6 nitrogen and oxygen atoms in total. The van der Waals surface area contributed by atoms with Crippen molar-refractivity contribution in [2.45, 2.75) is 6.61 Å². The van der Waals surface area contributed by atoms with Crippen molar-refractivity contribution < 1.29 is 32.9 Å². The van der Waals surface area contributed by atoms with Crippen LogP contribution < -0.4 is 14.2 Å². The van der Waals surface area contributed by atoms with Crippen molar-refractivity contribution in [3.63, 3.8) is 0 Å². The summed E-state index contributed by atoms with van der Waals surface area (Å²) < 4.78 is 39.3. The molecule has 0 bridgehead atoms. The van der Waals surface area contributed by atoms with Crippen molar-refractivity contribution >= 4 is 16.9 Å². The molecule has 0 saturated carbocycles. The average molecular weight is 375 g/mol. The van der Waals surface area contributed by atoms with E-state index < -0.39 is 12.6 Å². The van der Waals surface area contributed by atoms with Gasteiger partial charge in [-0.15, -0.1) is 0 Å². The van der Waals surface area contributed by atoms with Crippen LogP contribution in [0.15, 0.2) is 42.5 Å². The van der Waals surface area contributed by atoms with Crippen LogP contribution in [0.4, 0.5) is 8.78 Å². The van der Waals surface area contributed by atoms with Gasteiger partial charge in [-0.25, -0.2) is 9.78 Å². The molecule has 0 fully saturated rings. The minimum absolute atomic E-state index is 0.000553. The molecular weight excluding hydrogens is 360 g/mol. The number of carbonyl (C=O) groups is 1. The molecule has 0 saturated heterocycles. The number of hydrogen-bond donors (Lipinski definition) is 1. The maximum Gasteiger partial charge on any atom is 0.387 e. The van der Waals surface area contributed by atoms with E-state index in [9.17, 15) is 18.7 Å². The van der Waals surface area contributed by atoms with Gasteiger partial charge in [0.15, 0.2) is 11.5 Å². The molecule has 8 heteroatoms. The highest BCUT2D eigenvalue weighted by atomic mass is 19.3. The second-order valence-corrected chi connectivity index (χ2v) is 5.49. The second kappa shape index (κ2) is 7.45. The number of ether oxygens (including phenoxy) is 3. The summed E-state index contributed by atoms with van der Waals surface area (Å²) in [6.45, 7) is -2.92. The Morgan fingerprint density at radius 1 is 1.04 bits per heavy atom. The summed E-state index contributed by atoms with van der Waals surface area (Å²) in [6, 6.07) is 10.3. The SMILES string of the molecule is COc1cc2nc(-c3ccc(OC(F)F)cc3)cc(C(=O)O)c2cc1OC. The zero-order chi connectivity index (χ0) is 19.6. The quantitative estimate of drug-likeness (QED) is 0.695. The number of nitrogens with zero attached hydrogens (tertiary/aromatic N) is 1. The lowest BCUT2D eigenvalue weighted by molar-refractivity contribution is -0.0498. The molecule has 3 rings (SSSR count). The predicted octanol–water partition coefficient (Wildman–Crippen LogP) is 4.22. The third kappa shape index (κ3) is 3.74. The first-order valence-electron chi connectivity index (χ1n) is 7.78. The van der Waals surface area contributed by atoms with Crippen molar-refractivity contribution in [2.24, 2.45) is 0 Å². The molecule has 1 N–H and O–H groups in total. The largest absolute Gasteiger partial charge is 0.493 e. The van der Waals surface area contributed by atoms with E-state index in [1.165, 1.54) is 44.6 Å². The number of hydrogen-bond acceptors (Lipinski definition) is 5. The Morgan fingerprint density at radius 3 is 2.22 bits per heavy atom. The van der Waals surface area contributed by atoms with Crippen LogP contribution in [-0.4, -0.2) is 36.9 Å². The van der Waals surface area contributed by atoms with Gasteiger partial charge in [0.1, 0.15) is 5.75 Å². The predicted molar refractivity (Wildman–Crippen MR) is 93.9 cm³/mol. The van der Waals surface area contributed by atoms with Crippen molar-refractivity contribution in [1.29, 1.82) is 0 Å². The lowest BCUT2D eigenvalue weighted by Crippen LogP contribution is -2.02. The molecule has 0 aliphatic carbocycles. The van der Waals surface area contributed by atoms with Gasteiger partial charge < -0.3 is 19.3 Å². The van der Waals surface area contributed by atoms with Gasteiger partial charge in [0.25, 0.3) is 0 Å². The maximum atomic E-state index is 12.3. The van der Waals surface area contributed by atoms with E-state index in [0.29, 0.717) is 33.7 Å². The topological polar surface area (TPSA) is 77.9 Å². The zero-order valence-electron chi connectivity index (χ0n) is 14.4. The molecule has 0 amide bonds. The molecule has 1 aromatic heterocycles. The number of alkyl halides is 2. The molecule has 0 unspecified atom stereocenters. The van der Waals surface area contributed by atoms with E-state index in [0.717, 1.165) is 0 Å². The number of pyridine rings is 1. The Bertz CT molecular complexity index is 990. The standard InChI is InChI=1S/C19H15F2NO5/c1-25-16-8-12-13(18(23)24)7-14(22-15(12)9-17(16)26-2)10-3-5-11(6-4-10)27-19(20)21/h3-9,19H,1-2H3,(H,23,24). The highest BCUT2D eigenvalue weighted by Gasteiger charge is 2.17. The van der Waals surface area contributed by atoms with Gasteiger partial charge in [-0.1, -0.05) is 0 Å². The van der Waals surface area contributed by atoms with E-state index in [1.807, 2.05) is 0 Å². The van der Waals surface area contributed by atoms with Crippen LogP contribution in [0.3, 0.4) is 0 Å². The number of methoxy groups -OCH3 is 2. The summed E-state index contributed by atoms with van der Waals surface area (Å²) in [5.74, 6) is -0.338. The number of carboxylic acid groups (broad SMARTS) is 1. The van der Waals surface area contributed by atoms with Crippen molar-refractivity contribution in [3.05, 3.63) is 48.0 Å². The number of halogens is 2. The number of carboxylic acids is 1. The number of aromatic nitrogens is 1. The summed E-state index contributed by atoms with van der Waals surface area (Å²) in [6.07, 6.45) is 0. The fourth-order valence-electron chi connectivity index (χ4n) is 2.68. The van der Waals surface area contributed by atoms with Gasteiger partial charge >= 0.3 is 12.6 Å². The highest BCUT2D eigenvalue weighted by Crippen LogP contribution is 2.35. The monoisotopic (exact) mass is 375 g/mol. The molecule has 0 spiro atoms. The van der Waals surface area contributed by atoms with Gasteiger partial charge in [0.2, 0.25) is 0 Å². The zero-order valence-corrected chi connectivity index (χ0v) is 14.4. The molecule has 2 aromatic carbocycles. The van der Waals surface area contributed by atoms with Gasteiger partial charge in [0.05, 0.1) is 31.0 Å². The van der Waals surface area contributed by atoms with Crippen LogP contribution in [-0.2, 0) is 0 Å². The van der Waals surface area contributed by atoms with Crippen molar-refractivity contribution in [1.82, 2.24) is 4.98 Å². The summed E-state index contributed by atoms with van der Waals surface area (Å²) in [5, 5.41) is 9.97. The lowest BCUT2D eigenvalue weighted by Gasteiger charge is -2.12. The first-order valence-corrected chi connectivity index (χ1v) is 7.78. The molecule has 3 aromatic rings. The number of rotatable bonds is 6. The Hall–Kier alpha value is -3.42. The molecule has 1 heterocycles. The first kappa shape index (κ1) is 18.4. The van der Waals surface area contributed by atoms with Crippen LogP contribution in [0.5, 0.6) is 17.2 Å². The van der Waals surface area contributed by atoms with Crippen molar-refractivity contribution in [2.75, 3.05) is 14.2 Å². The number of benzene rings is 2. The number of aromatic carboxylic acids is 1. The molecule has 0 aliphatic rings. The Kier molecular flexibility index (Phi) is 5.07. The van der Waals surface area contributed by atoms with E-state index in [1.54, 1.807) is 12.1 Å². The van der Waals surface area contributed by atoms with Crippen LogP contribution in [0.1, 0.15) is 10.4 Å². The summed E-state index contributed by atoms with van der Waals surface area (Å²) in [5.41, 5.74) is 1.35. The fraction of sp³-hybridized carbons (Fsp3) is 0.158. The Morgan fingerprint density at radius 2 is 1.67 bits per heavy atom. The minimum atomic E-state index is -2.92. The van der Waals surface area contributed by atoms with Gasteiger partial charge in [0, 0.05) is 17.0 Å². The molecule has 0 aliphatic heterocycles. The van der Waals surface area contributed by atoms with Crippen LogP contribution in [0.2, 0.25) is 0 Å². The van der Waals surface area contributed by atoms with Gasteiger partial charge in [-0.2, -0.15) is 8.78 Å². The molecule has 27 heavy (non-hydrogen) atoms.